The molecule has 0 aliphatic rings. The van der Waals surface area contributed by atoms with Crippen LogP contribution in [-0.2, 0) is 4.65 Å². The number of rotatable bonds is 6. The average molecular weight is 448 g/mol. The molecule has 0 amide bonds. The van der Waals surface area contributed by atoms with Crippen LogP contribution < -0.4 is 5.46 Å². The minimum absolute atomic E-state index is 0.401. The van der Waals surface area contributed by atoms with E-state index in [9.17, 15) is 5.11 Å². The van der Waals surface area contributed by atoms with Crippen molar-refractivity contribution in [3.05, 3.63) is 91.0 Å². The zero-order chi connectivity index (χ0) is 23.9. The highest BCUT2D eigenvalue weighted by Crippen LogP contribution is 2.36. The van der Waals surface area contributed by atoms with E-state index < -0.39 is 11.2 Å². The zero-order valence-corrected chi connectivity index (χ0v) is 20.1. The summed E-state index contributed by atoms with van der Waals surface area (Å²) in [7, 11) is 0.401. The van der Waals surface area contributed by atoms with Gasteiger partial charge in [-0.1, -0.05) is 84.9 Å². The van der Waals surface area contributed by atoms with Crippen molar-refractivity contribution in [2.75, 3.05) is 0 Å². The molecule has 34 heavy (non-hydrogen) atoms. The Hall–Kier alpha value is -3.34. The van der Waals surface area contributed by atoms with Crippen LogP contribution in [0.5, 0.6) is 0 Å². The van der Waals surface area contributed by atoms with Gasteiger partial charge in [0.05, 0.1) is 11.2 Å². The van der Waals surface area contributed by atoms with E-state index in [0.29, 0.717) is 7.48 Å². The fraction of sp³-hybridized carbons (Fsp3) is 0.200. The molecule has 4 heteroatoms. The number of aliphatic hydroxyl groups is 1. The predicted molar refractivity (Wildman–Crippen MR) is 143 cm³/mol. The van der Waals surface area contributed by atoms with Crippen LogP contribution >= 0.6 is 0 Å². The van der Waals surface area contributed by atoms with E-state index in [1.807, 2.05) is 26.0 Å². The first kappa shape index (κ1) is 22.5. The summed E-state index contributed by atoms with van der Waals surface area (Å²) in [5.41, 5.74) is 5.73. The summed E-state index contributed by atoms with van der Waals surface area (Å²) in [5.74, 6) is 0. The molecule has 1 heterocycles. The molecule has 0 saturated heterocycles. The second kappa shape index (κ2) is 8.46. The third-order valence-corrected chi connectivity index (χ3v) is 6.94. The minimum atomic E-state index is -0.943. The van der Waals surface area contributed by atoms with Crippen LogP contribution in [0.25, 0.3) is 44.2 Å². The molecule has 4 aromatic carbocycles. The summed E-state index contributed by atoms with van der Waals surface area (Å²) in [4.78, 5) is 0. The average Bonchev–Trinajstić information content (AvgIpc) is 3.21. The maximum absolute atomic E-state index is 10.4. The summed E-state index contributed by atoms with van der Waals surface area (Å²) in [6, 6.07) is 31.5. The molecule has 0 aliphatic heterocycles. The lowest BCUT2D eigenvalue weighted by Gasteiger charge is -2.37. The molecule has 0 bridgehead atoms. The predicted octanol–water partition coefficient (Wildman–Crippen LogP) is 6.46. The van der Waals surface area contributed by atoms with E-state index >= 15 is 0 Å². The van der Waals surface area contributed by atoms with Gasteiger partial charge in [0.2, 0.25) is 0 Å². The molecule has 0 fully saturated rings. The smallest absolute Gasteiger partial charge is 0.309 e. The first-order chi connectivity index (χ1) is 16.2. The van der Waals surface area contributed by atoms with Crippen molar-refractivity contribution in [1.29, 1.82) is 0 Å². The third kappa shape index (κ3) is 4.15. The summed E-state index contributed by atoms with van der Waals surface area (Å²) >= 11 is 0. The lowest BCUT2D eigenvalue weighted by molar-refractivity contribution is -0.0893. The number of furan rings is 1. The van der Waals surface area contributed by atoms with Gasteiger partial charge in [-0.2, -0.15) is 0 Å². The topological polar surface area (TPSA) is 42.6 Å². The quantitative estimate of drug-likeness (QED) is 0.303. The van der Waals surface area contributed by atoms with Gasteiger partial charge in [-0.05, 0) is 55.9 Å². The molecule has 1 aromatic heterocycles. The second-order valence-corrected chi connectivity index (χ2v) is 9.92. The van der Waals surface area contributed by atoms with Crippen LogP contribution in [-0.4, -0.2) is 23.8 Å². The van der Waals surface area contributed by atoms with E-state index in [1.165, 1.54) is 11.1 Å². The molecule has 3 nitrogen and oxygen atoms in total. The van der Waals surface area contributed by atoms with E-state index in [0.717, 1.165) is 38.5 Å². The minimum Gasteiger partial charge on any atom is -0.455 e. The highest BCUT2D eigenvalue weighted by molar-refractivity contribution is 6.47. The summed E-state index contributed by atoms with van der Waals surface area (Å²) < 4.78 is 12.4. The number of benzene rings is 4. The Morgan fingerprint density at radius 3 is 2.09 bits per heavy atom. The molecule has 5 aromatic rings. The summed E-state index contributed by atoms with van der Waals surface area (Å²) in [6.45, 7) is 7.34. The van der Waals surface area contributed by atoms with Gasteiger partial charge in [0.1, 0.15) is 11.2 Å². The van der Waals surface area contributed by atoms with Crippen molar-refractivity contribution in [2.24, 2.45) is 0 Å². The Morgan fingerprint density at radius 1 is 0.706 bits per heavy atom. The van der Waals surface area contributed by atoms with Crippen molar-refractivity contribution in [2.45, 2.75) is 38.9 Å². The second-order valence-electron chi connectivity index (χ2n) is 9.92. The van der Waals surface area contributed by atoms with Crippen LogP contribution in [0.1, 0.15) is 27.7 Å². The van der Waals surface area contributed by atoms with Crippen LogP contribution in [0, 0.1) is 0 Å². The van der Waals surface area contributed by atoms with Crippen molar-refractivity contribution in [3.8, 4) is 22.3 Å². The first-order valence-corrected chi connectivity index (χ1v) is 11.7. The van der Waals surface area contributed by atoms with Crippen LogP contribution in [0.15, 0.2) is 95.4 Å². The van der Waals surface area contributed by atoms with Gasteiger partial charge >= 0.3 is 7.48 Å². The van der Waals surface area contributed by atoms with Crippen molar-refractivity contribution < 1.29 is 14.2 Å². The van der Waals surface area contributed by atoms with Gasteiger partial charge in [0, 0.05) is 16.3 Å². The van der Waals surface area contributed by atoms with E-state index in [1.54, 1.807) is 13.8 Å². The third-order valence-electron chi connectivity index (χ3n) is 6.94. The Balaban J connectivity index is 1.48. The summed E-state index contributed by atoms with van der Waals surface area (Å²) in [5, 5.41) is 12.6. The van der Waals surface area contributed by atoms with Gasteiger partial charge in [-0.3, -0.25) is 0 Å². The maximum Gasteiger partial charge on any atom is 0.309 e. The van der Waals surface area contributed by atoms with Gasteiger partial charge in [0.25, 0.3) is 0 Å². The maximum atomic E-state index is 10.4. The van der Waals surface area contributed by atoms with Crippen LogP contribution in [0.2, 0.25) is 0 Å². The Kier molecular flexibility index (Phi) is 5.59. The molecule has 5 rings (SSSR count). The highest BCUT2D eigenvalue weighted by atomic mass is 16.5. The first-order valence-electron chi connectivity index (χ1n) is 11.7. The van der Waals surface area contributed by atoms with Gasteiger partial charge in [0.15, 0.2) is 0 Å². The van der Waals surface area contributed by atoms with Crippen LogP contribution in [0.3, 0.4) is 0 Å². The lowest BCUT2D eigenvalue weighted by Crippen LogP contribution is -2.49. The SMILES string of the molecule is CC(C)(O)C(C)(C)OBc1ccc2c(c1)oc1c(-c3ccc(-c4ccccc4)cc3)cccc12. The van der Waals surface area contributed by atoms with Crippen LogP contribution in [0.4, 0.5) is 0 Å². The molecule has 0 aliphatic carbocycles. The molecule has 170 valence electrons. The van der Waals surface area contributed by atoms with Gasteiger partial charge in [-0.25, -0.2) is 0 Å². The number of hydrogen-bond acceptors (Lipinski definition) is 3. The van der Waals surface area contributed by atoms with Crippen molar-refractivity contribution >= 4 is 34.9 Å². The van der Waals surface area contributed by atoms with Gasteiger partial charge in [-0.15, -0.1) is 0 Å². The number of fused-ring (bicyclic) bond motifs is 3. The molecule has 0 unspecified atom stereocenters. The lowest BCUT2D eigenvalue weighted by atomic mass is 9.82. The van der Waals surface area contributed by atoms with Crippen molar-refractivity contribution in [1.82, 2.24) is 0 Å². The van der Waals surface area contributed by atoms with E-state index in [4.69, 9.17) is 9.07 Å². The number of hydrogen-bond donors (Lipinski definition) is 1. The fourth-order valence-electron chi connectivity index (χ4n) is 4.07. The fourth-order valence-corrected chi connectivity index (χ4v) is 4.07. The van der Waals surface area contributed by atoms with E-state index in [2.05, 4.69) is 78.9 Å². The highest BCUT2D eigenvalue weighted by Gasteiger charge is 2.35. The van der Waals surface area contributed by atoms with E-state index in [-0.39, 0.29) is 0 Å². The Morgan fingerprint density at radius 2 is 1.38 bits per heavy atom. The van der Waals surface area contributed by atoms with Crippen molar-refractivity contribution in [3.63, 3.8) is 0 Å². The number of para-hydroxylation sites is 1. The largest absolute Gasteiger partial charge is 0.455 e. The molecule has 1 N–H and O–H groups in total. The molecule has 0 spiro atoms. The van der Waals surface area contributed by atoms with Gasteiger partial charge < -0.3 is 14.2 Å². The molecular weight excluding hydrogens is 419 g/mol. The summed E-state index contributed by atoms with van der Waals surface area (Å²) in [6.07, 6.45) is 0. The molecular formula is C30H29BO3. The molecule has 0 atom stereocenters. The molecule has 0 saturated carbocycles. The standard InChI is InChI=1S/C30H29BO3/c1-29(2,32)30(3,4)34-31-23-17-18-25-26-12-8-11-24(28(26)33-27(25)19-23)22-15-13-21(14-16-22)20-9-6-5-7-10-20/h5-19,31-32H,1-4H3. The monoisotopic (exact) mass is 448 g/mol. The normalized spacial score (nSPS) is 12.4. The Labute approximate surface area is 201 Å². The Bertz CT molecular complexity index is 1440. The zero-order valence-electron chi connectivity index (χ0n) is 20.1. The molecule has 0 radical (unpaired) electrons.